The number of rotatable bonds is 6. The topological polar surface area (TPSA) is 76.2 Å². The molecule has 1 aliphatic heterocycles. The molecule has 2 heterocycles. The van der Waals surface area contributed by atoms with Gasteiger partial charge in [0.05, 0.1) is 17.1 Å². The van der Waals surface area contributed by atoms with Crippen LogP contribution in [0.3, 0.4) is 0 Å². The van der Waals surface area contributed by atoms with Crippen LogP contribution < -0.4 is 14.8 Å². The first-order chi connectivity index (χ1) is 13.2. The molecule has 7 heteroatoms. The number of para-hydroxylation sites is 4. The Morgan fingerprint density at radius 1 is 1.26 bits per heavy atom. The number of aromatic amines is 1. The van der Waals surface area contributed by atoms with Crippen LogP contribution in [0.2, 0.25) is 0 Å². The lowest BCUT2D eigenvalue weighted by atomic mass is 10.2. The van der Waals surface area contributed by atoms with Crippen LogP contribution in [0.15, 0.2) is 48.5 Å². The Bertz CT molecular complexity index is 910. The third-order valence-electron chi connectivity index (χ3n) is 4.47. The second kappa shape index (κ2) is 7.92. The zero-order chi connectivity index (χ0) is 18.6. The summed E-state index contributed by atoms with van der Waals surface area (Å²) in [5.74, 6) is 2.73. The summed E-state index contributed by atoms with van der Waals surface area (Å²) in [5, 5.41) is 3.08. The van der Waals surface area contributed by atoms with Gasteiger partial charge in [-0.2, -0.15) is 11.8 Å². The highest BCUT2D eigenvalue weighted by Gasteiger charge is 2.29. The van der Waals surface area contributed by atoms with Crippen molar-refractivity contribution in [2.75, 3.05) is 18.6 Å². The molecule has 140 valence electrons. The molecule has 2 atom stereocenters. The van der Waals surface area contributed by atoms with Crippen molar-refractivity contribution in [3.05, 3.63) is 54.4 Å². The molecule has 3 aromatic rings. The van der Waals surface area contributed by atoms with E-state index in [0.717, 1.165) is 29.0 Å². The molecule has 2 N–H and O–H groups in total. The van der Waals surface area contributed by atoms with Gasteiger partial charge in [-0.05, 0) is 42.7 Å². The van der Waals surface area contributed by atoms with Crippen LogP contribution in [0.25, 0.3) is 11.0 Å². The van der Waals surface area contributed by atoms with E-state index >= 15 is 0 Å². The summed E-state index contributed by atoms with van der Waals surface area (Å²) in [6.45, 7) is 0.193. The summed E-state index contributed by atoms with van der Waals surface area (Å²) in [6, 6.07) is 15.0. The molecule has 0 unspecified atom stereocenters. The molecule has 6 nitrogen and oxygen atoms in total. The molecule has 1 amide bonds. The van der Waals surface area contributed by atoms with E-state index in [1.165, 1.54) is 0 Å². The minimum atomic E-state index is -0.680. The lowest BCUT2D eigenvalue weighted by molar-refractivity contribution is -0.131. The van der Waals surface area contributed by atoms with Crippen LogP contribution in [0.1, 0.15) is 18.3 Å². The fourth-order valence-electron chi connectivity index (χ4n) is 3.06. The lowest BCUT2D eigenvalue weighted by Crippen LogP contribution is -2.45. The van der Waals surface area contributed by atoms with Crippen molar-refractivity contribution >= 4 is 28.7 Å². The zero-order valence-electron chi connectivity index (χ0n) is 15.0. The number of hydrogen-bond acceptors (Lipinski definition) is 5. The van der Waals surface area contributed by atoms with Crippen molar-refractivity contribution in [3.8, 4) is 11.5 Å². The molecule has 0 fully saturated rings. The van der Waals surface area contributed by atoms with Gasteiger partial charge in [-0.15, -0.1) is 0 Å². The molecule has 0 saturated carbocycles. The van der Waals surface area contributed by atoms with Gasteiger partial charge in [-0.1, -0.05) is 24.3 Å². The number of carbonyl (C=O) groups is 1. The van der Waals surface area contributed by atoms with Gasteiger partial charge in [0.25, 0.3) is 5.91 Å². The van der Waals surface area contributed by atoms with E-state index < -0.39 is 6.10 Å². The number of ether oxygens (including phenoxy) is 2. The highest BCUT2D eigenvalue weighted by Crippen LogP contribution is 2.31. The van der Waals surface area contributed by atoms with Crippen LogP contribution >= 0.6 is 11.8 Å². The predicted octanol–water partition coefficient (Wildman–Crippen LogP) is 3.31. The number of aromatic nitrogens is 2. The fraction of sp³-hybridized carbons (Fsp3) is 0.300. The summed E-state index contributed by atoms with van der Waals surface area (Å²) in [5.41, 5.74) is 1.85. The number of H-pyrrole nitrogens is 1. The van der Waals surface area contributed by atoms with Crippen molar-refractivity contribution in [1.29, 1.82) is 0 Å². The number of imidazole rings is 1. The number of thioether (sulfide) groups is 1. The van der Waals surface area contributed by atoms with Gasteiger partial charge in [0, 0.05) is 0 Å². The molecule has 0 radical (unpaired) electrons. The molecule has 2 aromatic carbocycles. The Kier molecular flexibility index (Phi) is 5.20. The maximum Gasteiger partial charge on any atom is 0.265 e. The molecule has 0 saturated heterocycles. The van der Waals surface area contributed by atoms with E-state index in [1.807, 2.05) is 48.7 Å². The summed E-state index contributed by atoms with van der Waals surface area (Å²) in [7, 11) is 0. The molecule has 4 rings (SSSR count). The number of fused-ring (bicyclic) bond motifs is 2. The number of hydrogen-bond donors (Lipinski definition) is 2. The van der Waals surface area contributed by atoms with Gasteiger partial charge in [-0.3, -0.25) is 4.79 Å². The molecule has 27 heavy (non-hydrogen) atoms. The van der Waals surface area contributed by atoms with Crippen LogP contribution in [-0.2, 0) is 4.79 Å². The molecule has 1 aromatic heterocycles. The Labute approximate surface area is 161 Å². The second-order valence-electron chi connectivity index (χ2n) is 6.35. The summed E-state index contributed by atoms with van der Waals surface area (Å²) in [6.07, 6.45) is 2.14. The van der Waals surface area contributed by atoms with Gasteiger partial charge < -0.3 is 19.8 Å². The van der Waals surface area contributed by atoms with E-state index in [1.54, 1.807) is 17.8 Å². The molecule has 0 spiro atoms. The summed E-state index contributed by atoms with van der Waals surface area (Å²) >= 11 is 1.74. The number of nitrogens with zero attached hydrogens (tertiary/aromatic N) is 1. The highest BCUT2D eigenvalue weighted by molar-refractivity contribution is 7.98. The van der Waals surface area contributed by atoms with Gasteiger partial charge in [-0.25, -0.2) is 4.98 Å². The SMILES string of the molecule is CSCC[C@H](NC(=O)[C@H]1COc2ccccc2O1)c1nc2ccccc2[nH]1. The van der Waals surface area contributed by atoms with Gasteiger partial charge in [0.2, 0.25) is 6.10 Å². The lowest BCUT2D eigenvalue weighted by Gasteiger charge is -2.27. The second-order valence-corrected chi connectivity index (χ2v) is 7.33. The van der Waals surface area contributed by atoms with Crippen molar-refractivity contribution in [2.45, 2.75) is 18.6 Å². The van der Waals surface area contributed by atoms with Gasteiger partial charge in [0.1, 0.15) is 12.4 Å². The van der Waals surface area contributed by atoms with Crippen LogP contribution in [0.4, 0.5) is 0 Å². The normalized spacial score (nSPS) is 16.9. The average molecular weight is 383 g/mol. The molecule has 0 bridgehead atoms. The molecular weight excluding hydrogens is 362 g/mol. The van der Waals surface area contributed by atoms with E-state index in [9.17, 15) is 4.79 Å². The first kappa shape index (κ1) is 17.7. The number of nitrogens with one attached hydrogen (secondary N) is 2. The maximum absolute atomic E-state index is 12.8. The Hall–Kier alpha value is -2.67. The third kappa shape index (κ3) is 3.88. The van der Waals surface area contributed by atoms with E-state index in [2.05, 4.69) is 15.3 Å². The minimum absolute atomic E-state index is 0.193. The fourth-order valence-corrected chi connectivity index (χ4v) is 3.54. The highest BCUT2D eigenvalue weighted by atomic mass is 32.2. The number of benzene rings is 2. The summed E-state index contributed by atoms with van der Waals surface area (Å²) < 4.78 is 11.5. The number of carbonyl (C=O) groups excluding carboxylic acids is 1. The van der Waals surface area contributed by atoms with E-state index in [-0.39, 0.29) is 18.6 Å². The quantitative estimate of drug-likeness (QED) is 0.683. The van der Waals surface area contributed by atoms with Gasteiger partial charge >= 0.3 is 0 Å². The van der Waals surface area contributed by atoms with E-state index in [0.29, 0.717) is 11.5 Å². The van der Waals surface area contributed by atoms with Crippen molar-refractivity contribution in [3.63, 3.8) is 0 Å². The first-order valence-corrected chi connectivity index (χ1v) is 10.3. The van der Waals surface area contributed by atoms with Crippen molar-refractivity contribution in [2.24, 2.45) is 0 Å². The van der Waals surface area contributed by atoms with Gasteiger partial charge in [0.15, 0.2) is 11.5 Å². The molecule has 0 aliphatic carbocycles. The largest absolute Gasteiger partial charge is 0.485 e. The first-order valence-electron chi connectivity index (χ1n) is 8.87. The Balaban J connectivity index is 1.50. The Morgan fingerprint density at radius 3 is 2.85 bits per heavy atom. The average Bonchev–Trinajstić information content (AvgIpc) is 3.14. The zero-order valence-corrected chi connectivity index (χ0v) is 15.8. The standard InChI is InChI=1S/C20H21N3O3S/c1-27-11-10-15(19-21-13-6-2-3-7-14(13)22-19)23-20(24)18-12-25-16-8-4-5-9-17(16)26-18/h2-9,15,18H,10-12H2,1H3,(H,21,22)(H,23,24)/t15-,18+/m0/s1. The van der Waals surface area contributed by atoms with Crippen LogP contribution in [0, 0.1) is 0 Å². The van der Waals surface area contributed by atoms with Crippen LogP contribution in [-0.4, -0.2) is 40.6 Å². The summed E-state index contributed by atoms with van der Waals surface area (Å²) in [4.78, 5) is 20.8. The van der Waals surface area contributed by atoms with E-state index in [4.69, 9.17) is 9.47 Å². The Morgan fingerprint density at radius 2 is 2.04 bits per heavy atom. The van der Waals surface area contributed by atoms with Crippen LogP contribution in [0.5, 0.6) is 11.5 Å². The van der Waals surface area contributed by atoms with Crippen molar-refractivity contribution < 1.29 is 14.3 Å². The minimum Gasteiger partial charge on any atom is -0.485 e. The number of amides is 1. The smallest absolute Gasteiger partial charge is 0.265 e. The molecule has 1 aliphatic rings. The van der Waals surface area contributed by atoms with Crippen molar-refractivity contribution in [1.82, 2.24) is 15.3 Å². The predicted molar refractivity (Wildman–Crippen MR) is 106 cm³/mol. The monoisotopic (exact) mass is 383 g/mol. The molecular formula is C20H21N3O3S. The third-order valence-corrected chi connectivity index (χ3v) is 5.11. The maximum atomic E-state index is 12.8.